The molecular formula is C24H30N4O3S. The third-order valence-electron chi connectivity index (χ3n) is 5.90. The highest BCUT2D eigenvalue weighted by Gasteiger charge is 2.35. The molecule has 8 heteroatoms. The van der Waals surface area contributed by atoms with Gasteiger partial charge in [0.1, 0.15) is 0 Å². The Balaban J connectivity index is 1.63. The number of anilines is 1. The van der Waals surface area contributed by atoms with E-state index in [1.54, 1.807) is 18.3 Å². The Kier molecular flexibility index (Phi) is 7.23. The number of amides is 1. The van der Waals surface area contributed by atoms with Crippen molar-refractivity contribution >= 4 is 35.3 Å². The number of fused-ring (bicyclic) bond motifs is 1. The van der Waals surface area contributed by atoms with Gasteiger partial charge in [-0.1, -0.05) is 6.92 Å². The summed E-state index contributed by atoms with van der Waals surface area (Å²) >= 11 is 1.31. The number of nitro groups is 1. The van der Waals surface area contributed by atoms with Crippen LogP contribution in [-0.2, 0) is 4.79 Å². The van der Waals surface area contributed by atoms with Gasteiger partial charge in [0.15, 0.2) is 0 Å². The summed E-state index contributed by atoms with van der Waals surface area (Å²) < 4.78 is 0. The van der Waals surface area contributed by atoms with Crippen molar-refractivity contribution in [3.05, 3.63) is 63.2 Å². The van der Waals surface area contributed by atoms with Crippen molar-refractivity contribution in [1.82, 2.24) is 5.43 Å². The van der Waals surface area contributed by atoms with Gasteiger partial charge in [-0.05, 0) is 81.0 Å². The summed E-state index contributed by atoms with van der Waals surface area (Å²) in [7, 11) is 0. The van der Waals surface area contributed by atoms with Crippen molar-refractivity contribution in [2.45, 2.75) is 57.4 Å². The summed E-state index contributed by atoms with van der Waals surface area (Å²) in [6, 6.07) is 10.5. The molecule has 3 rings (SSSR count). The van der Waals surface area contributed by atoms with E-state index in [9.17, 15) is 14.9 Å². The van der Waals surface area contributed by atoms with Crippen molar-refractivity contribution in [2.24, 2.45) is 5.10 Å². The molecule has 1 N–H and O–H groups in total. The number of benzene rings is 2. The van der Waals surface area contributed by atoms with Crippen LogP contribution in [0.5, 0.6) is 0 Å². The molecule has 1 heterocycles. The number of aryl methyl sites for hydroxylation is 1. The van der Waals surface area contributed by atoms with Crippen molar-refractivity contribution in [3.63, 3.8) is 0 Å². The van der Waals surface area contributed by atoms with E-state index in [0.29, 0.717) is 5.92 Å². The lowest BCUT2D eigenvalue weighted by Crippen LogP contribution is -2.48. The first kappa shape index (κ1) is 23.8. The fourth-order valence-corrected chi connectivity index (χ4v) is 5.10. The molecule has 7 nitrogen and oxygen atoms in total. The van der Waals surface area contributed by atoms with E-state index in [1.807, 2.05) is 0 Å². The fourth-order valence-electron chi connectivity index (χ4n) is 4.41. The highest BCUT2D eigenvalue weighted by molar-refractivity contribution is 8.00. The zero-order valence-electron chi connectivity index (χ0n) is 19.2. The molecule has 32 heavy (non-hydrogen) atoms. The van der Waals surface area contributed by atoms with Gasteiger partial charge in [0.25, 0.3) is 5.69 Å². The van der Waals surface area contributed by atoms with Crippen molar-refractivity contribution in [2.75, 3.05) is 17.2 Å². The Bertz CT molecular complexity index is 1030. The summed E-state index contributed by atoms with van der Waals surface area (Å²) in [4.78, 5) is 25.7. The average Bonchev–Trinajstić information content (AvgIpc) is 2.73. The van der Waals surface area contributed by atoms with Crippen LogP contribution in [0, 0.1) is 17.0 Å². The maximum Gasteiger partial charge on any atom is 0.269 e. The molecule has 0 bridgehead atoms. The van der Waals surface area contributed by atoms with Crippen molar-refractivity contribution in [3.8, 4) is 0 Å². The molecule has 1 unspecified atom stereocenters. The molecule has 0 saturated heterocycles. The molecule has 0 aromatic heterocycles. The minimum absolute atomic E-state index is 0.0313. The number of hydrogen-bond donors (Lipinski definition) is 1. The molecular weight excluding hydrogens is 424 g/mol. The molecule has 1 atom stereocenters. The monoisotopic (exact) mass is 454 g/mol. The van der Waals surface area contributed by atoms with Crippen LogP contribution in [0.1, 0.15) is 56.7 Å². The van der Waals surface area contributed by atoms with Gasteiger partial charge < -0.3 is 4.90 Å². The zero-order valence-corrected chi connectivity index (χ0v) is 20.0. The second-order valence-corrected chi connectivity index (χ2v) is 9.81. The van der Waals surface area contributed by atoms with E-state index in [0.717, 1.165) is 29.0 Å². The maximum absolute atomic E-state index is 12.1. The lowest BCUT2D eigenvalue weighted by Gasteiger charge is -2.47. The highest BCUT2D eigenvalue weighted by Crippen LogP contribution is 2.44. The number of rotatable bonds is 7. The number of carbonyl (C=O) groups excluding carboxylic acids is 1. The summed E-state index contributed by atoms with van der Waals surface area (Å²) in [6.45, 7) is 12.1. The van der Waals surface area contributed by atoms with Crippen LogP contribution in [0.25, 0.3) is 0 Å². The first-order valence-electron chi connectivity index (χ1n) is 10.7. The van der Waals surface area contributed by atoms with Crippen LogP contribution in [-0.4, -0.2) is 34.9 Å². The highest BCUT2D eigenvalue weighted by atomic mass is 32.2. The van der Waals surface area contributed by atoms with Crippen molar-refractivity contribution < 1.29 is 9.72 Å². The van der Waals surface area contributed by atoms with Gasteiger partial charge in [-0.25, -0.2) is 5.43 Å². The Hall–Kier alpha value is -2.87. The molecule has 0 fully saturated rings. The molecule has 0 saturated carbocycles. The lowest BCUT2D eigenvalue weighted by atomic mass is 9.79. The Morgan fingerprint density at radius 3 is 2.66 bits per heavy atom. The summed E-state index contributed by atoms with van der Waals surface area (Å²) in [6.07, 6.45) is 2.79. The topological polar surface area (TPSA) is 87.8 Å². The number of nitrogens with zero attached hydrogens (tertiary/aromatic N) is 3. The smallest absolute Gasteiger partial charge is 0.269 e. The van der Waals surface area contributed by atoms with Crippen LogP contribution in [0.2, 0.25) is 0 Å². The van der Waals surface area contributed by atoms with Gasteiger partial charge in [-0.3, -0.25) is 14.9 Å². The van der Waals surface area contributed by atoms with Gasteiger partial charge in [0.05, 0.1) is 16.9 Å². The normalized spacial score (nSPS) is 17.3. The van der Waals surface area contributed by atoms with Crippen LogP contribution in [0.4, 0.5) is 11.4 Å². The Morgan fingerprint density at radius 1 is 1.34 bits per heavy atom. The van der Waals surface area contributed by atoms with Gasteiger partial charge in [-0.15, -0.1) is 11.8 Å². The zero-order chi connectivity index (χ0) is 23.5. The van der Waals surface area contributed by atoms with Crippen LogP contribution in [0.15, 0.2) is 46.4 Å². The molecule has 2 aromatic rings. The standard InChI is InChI=1S/C24H30N4O3S/c1-6-27-22-11-16(2)18(12-21(22)17(3)13-24(27,4)5)14-25-26-23(29)15-32-20-9-7-19(8-10-20)28(30)31/h7-12,14,17H,6,13,15H2,1-5H3,(H,26,29)/b25-14-. The minimum Gasteiger partial charge on any atom is -0.366 e. The summed E-state index contributed by atoms with van der Waals surface area (Å²) in [5.41, 5.74) is 7.44. The van der Waals surface area contributed by atoms with E-state index >= 15 is 0 Å². The van der Waals surface area contributed by atoms with E-state index in [1.165, 1.54) is 35.1 Å². The predicted molar refractivity (Wildman–Crippen MR) is 131 cm³/mol. The largest absolute Gasteiger partial charge is 0.366 e. The molecule has 170 valence electrons. The van der Waals surface area contributed by atoms with Gasteiger partial charge in [0, 0.05) is 34.8 Å². The number of hydrazone groups is 1. The van der Waals surface area contributed by atoms with E-state index in [-0.39, 0.29) is 22.9 Å². The van der Waals surface area contributed by atoms with E-state index in [4.69, 9.17) is 0 Å². The Morgan fingerprint density at radius 2 is 2.03 bits per heavy atom. The third-order valence-corrected chi connectivity index (χ3v) is 6.91. The first-order valence-corrected chi connectivity index (χ1v) is 11.7. The molecule has 1 amide bonds. The number of hydrogen-bond acceptors (Lipinski definition) is 6. The molecule has 0 spiro atoms. The second kappa shape index (κ2) is 9.73. The number of carbonyl (C=O) groups is 1. The Labute approximate surface area is 193 Å². The van der Waals surface area contributed by atoms with Gasteiger partial charge in [0.2, 0.25) is 5.91 Å². The number of thioether (sulfide) groups is 1. The number of non-ortho nitro benzene ring substituents is 1. The van der Waals surface area contributed by atoms with Crippen LogP contribution in [0.3, 0.4) is 0 Å². The fraction of sp³-hybridized carbons (Fsp3) is 0.417. The van der Waals surface area contributed by atoms with E-state index in [2.05, 4.69) is 62.2 Å². The lowest BCUT2D eigenvalue weighted by molar-refractivity contribution is -0.384. The summed E-state index contributed by atoms with van der Waals surface area (Å²) in [5, 5.41) is 14.9. The molecule has 1 aliphatic rings. The maximum atomic E-state index is 12.1. The average molecular weight is 455 g/mol. The van der Waals surface area contributed by atoms with Crippen molar-refractivity contribution in [1.29, 1.82) is 0 Å². The molecule has 1 aliphatic heterocycles. The molecule has 0 aliphatic carbocycles. The molecule has 2 aromatic carbocycles. The van der Waals surface area contributed by atoms with Crippen LogP contribution < -0.4 is 10.3 Å². The predicted octanol–water partition coefficient (Wildman–Crippen LogP) is 5.26. The minimum atomic E-state index is -0.444. The number of nitro benzene ring substituents is 1. The number of nitrogens with one attached hydrogen (secondary N) is 1. The molecule has 0 radical (unpaired) electrons. The second-order valence-electron chi connectivity index (χ2n) is 8.76. The van der Waals surface area contributed by atoms with E-state index < -0.39 is 4.92 Å². The van der Waals surface area contributed by atoms with Gasteiger partial charge in [-0.2, -0.15) is 5.10 Å². The van der Waals surface area contributed by atoms with Crippen LogP contribution >= 0.6 is 11.8 Å². The SMILES string of the molecule is CCN1c2cc(C)c(/C=N\NC(=O)CSc3ccc([N+](=O)[O-])cc3)cc2C(C)CC1(C)C. The quantitative estimate of drug-likeness (QED) is 0.267. The summed E-state index contributed by atoms with van der Waals surface area (Å²) in [5.74, 6) is 0.395. The first-order chi connectivity index (χ1) is 15.1. The van der Waals surface area contributed by atoms with Gasteiger partial charge >= 0.3 is 0 Å². The third kappa shape index (κ3) is 5.30.